The fourth-order valence-corrected chi connectivity index (χ4v) is 2.41. The van der Waals surface area contributed by atoms with Crippen molar-refractivity contribution >= 4 is 33.3 Å². The Balaban J connectivity index is 2.26. The average molecular weight is 352 g/mol. The van der Waals surface area contributed by atoms with Gasteiger partial charge in [0.25, 0.3) is 5.91 Å². The van der Waals surface area contributed by atoms with Gasteiger partial charge in [-0.1, -0.05) is 6.07 Å². The van der Waals surface area contributed by atoms with E-state index in [1.54, 1.807) is 6.07 Å². The zero-order valence-electron chi connectivity index (χ0n) is 11.7. The highest BCUT2D eigenvalue weighted by molar-refractivity contribution is 9.10. The molecule has 0 saturated carbocycles. The summed E-state index contributed by atoms with van der Waals surface area (Å²) in [5.41, 5.74) is 1.60. The molecule has 0 aliphatic rings. The average Bonchev–Trinajstić information content (AvgIpc) is 2.44. The maximum absolute atomic E-state index is 14.2. The van der Waals surface area contributed by atoms with Crippen LogP contribution in [0.1, 0.15) is 22.8 Å². The van der Waals surface area contributed by atoms with Gasteiger partial charge in [0.05, 0.1) is 11.3 Å². The number of benzene rings is 1. The van der Waals surface area contributed by atoms with Gasteiger partial charge in [-0.15, -0.1) is 0 Å². The molecule has 0 fully saturated rings. The molecule has 0 atom stereocenters. The van der Waals surface area contributed by atoms with E-state index in [1.165, 1.54) is 12.3 Å². The number of aryl methyl sites for hydroxylation is 1. The lowest BCUT2D eigenvalue weighted by Crippen LogP contribution is -2.16. The first kappa shape index (κ1) is 15.4. The molecule has 6 heteroatoms. The predicted molar refractivity (Wildman–Crippen MR) is 85.2 cm³/mol. The molecule has 1 amide bonds. The van der Waals surface area contributed by atoms with Crippen molar-refractivity contribution in [2.75, 3.05) is 17.2 Å². The van der Waals surface area contributed by atoms with E-state index < -0.39 is 11.7 Å². The third-order valence-electron chi connectivity index (χ3n) is 2.85. The standard InChI is InChI=1S/C15H15BrFN3O/c1-3-18-14-13(17)10(6-7-19-14)15(21)20-12-5-4-9(2)8-11(12)16/h4-8H,3H2,1-2H3,(H,18,19)(H,20,21). The third-order valence-corrected chi connectivity index (χ3v) is 3.51. The summed E-state index contributed by atoms with van der Waals surface area (Å²) in [6.45, 7) is 4.30. The van der Waals surface area contributed by atoms with Crippen LogP contribution in [0.2, 0.25) is 0 Å². The van der Waals surface area contributed by atoms with Crippen LogP contribution in [0.5, 0.6) is 0 Å². The van der Waals surface area contributed by atoms with E-state index in [-0.39, 0.29) is 11.4 Å². The number of carbonyl (C=O) groups is 1. The van der Waals surface area contributed by atoms with Gasteiger partial charge < -0.3 is 10.6 Å². The molecule has 1 heterocycles. The van der Waals surface area contributed by atoms with Gasteiger partial charge in [-0.2, -0.15) is 0 Å². The Morgan fingerprint density at radius 3 is 2.81 bits per heavy atom. The number of aromatic nitrogens is 1. The fourth-order valence-electron chi connectivity index (χ4n) is 1.82. The van der Waals surface area contributed by atoms with Gasteiger partial charge >= 0.3 is 0 Å². The van der Waals surface area contributed by atoms with Crippen molar-refractivity contribution in [3.05, 3.63) is 51.9 Å². The monoisotopic (exact) mass is 351 g/mol. The molecule has 0 bridgehead atoms. The smallest absolute Gasteiger partial charge is 0.258 e. The molecule has 0 aliphatic carbocycles. The molecule has 0 aliphatic heterocycles. The Morgan fingerprint density at radius 1 is 1.38 bits per heavy atom. The number of carbonyl (C=O) groups excluding carboxylic acids is 1. The number of amides is 1. The minimum atomic E-state index is -0.653. The van der Waals surface area contributed by atoms with E-state index in [1.807, 2.05) is 26.0 Å². The number of nitrogens with one attached hydrogen (secondary N) is 2. The fraction of sp³-hybridized carbons (Fsp3) is 0.200. The summed E-state index contributed by atoms with van der Waals surface area (Å²) >= 11 is 3.37. The van der Waals surface area contributed by atoms with Crippen molar-refractivity contribution in [3.8, 4) is 0 Å². The van der Waals surface area contributed by atoms with Gasteiger partial charge in [0.1, 0.15) is 0 Å². The molecule has 1 aromatic heterocycles. The summed E-state index contributed by atoms with van der Waals surface area (Å²) in [7, 11) is 0. The van der Waals surface area contributed by atoms with E-state index in [0.29, 0.717) is 12.2 Å². The highest BCUT2D eigenvalue weighted by atomic mass is 79.9. The molecule has 0 saturated heterocycles. The van der Waals surface area contributed by atoms with Crippen molar-refractivity contribution in [1.29, 1.82) is 0 Å². The molecule has 2 N–H and O–H groups in total. The molecule has 0 radical (unpaired) electrons. The maximum Gasteiger partial charge on any atom is 0.258 e. The minimum Gasteiger partial charge on any atom is -0.368 e. The topological polar surface area (TPSA) is 54.0 Å². The van der Waals surface area contributed by atoms with Crippen LogP contribution >= 0.6 is 15.9 Å². The van der Waals surface area contributed by atoms with Crippen molar-refractivity contribution in [1.82, 2.24) is 4.98 Å². The van der Waals surface area contributed by atoms with Crippen LogP contribution in [0, 0.1) is 12.7 Å². The van der Waals surface area contributed by atoms with Crippen molar-refractivity contribution in [2.24, 2.45) is 0 Å². The zero-order chi connectivity index (χ0) is 15.4. The van der Waals surface area contributed by atoms with Gasteiger partial charge in [-0.3, -0.25) is 4.79 Å². The van der Waals surface area contributed by atoms with Crippen LogP contribution < -0.4 is 10.6 Å². The number of rotatable bonds is 4. The lowest BCUT2D eigenvalue weighted by Gasteiger charge is -2.10. The van der Waals surface area contributed by atoms with E-state index in [4.69, 9.17) is 0 Å². The summed E-state index contributed by atoms with van der Waals surface area (Å²) in [4.78, 5) is 16.1. The summed E-state index contributed by atoms with van der Waals surface area (Å²) in [5, 5.41) is 5.46. The van der Waals surface area contributed by atoms with Crippen LogP contribution in [0.4, 0.5) is 15.9 Å². The van der Waals surface area contributed by atoms with Crippen LogP contribution in [-0.4, -0.2) is 17.4 Å². The summed E-state index contributed by atoms with van der Waals surface area (Å²) < 4.78 is 14.9. The first-order chi connectivity index (χ1) is 10.0. The highest BCUT2D eigenvalue weighted by Crippen LogP contribution is 2.24. The SMILES string of the molecule is CCNc1nccc(C(=O)Nc2ccc(C)cc2Br)c1F. The Bertz CT molecular complexity index is 676. The number of pyridine rings is 1. The lowest BCUT2D eigenvalue weighted by atomic mass is 10.2. The first-order valence-corrected chi connectivity index (χ1v) is 7.28. The molecule has 0 spiro atoms. The van der Waals surface area contributed by atoms with Gasteiger partial charge in [0.15, 0.2) is 11.6 Å². The Labute approximate surface area is 130 Å². The Morgan fingerprint density at radius 2 is 2.14 bits per heavy atom. The number of nitrogens with zero attached hydrogens (tertiary/aromatic N) is 1. The number of hydrogen-bond donors (Lipinski definition) is 2. The molecular weight excluding hydrogens is 337 g/mol. The van der Waals surface area contributed by atoms with E-state index in [2.05, 4.69) is 31.5 Å². The molecule has 21 heavy (non-hydrogen) atoms. The largest absolute Gasteiger partial charge is 0.368 e. The highest BCUT2D eigenvalue weighted by Gasteiger charge is 2.16. The van der Waals surface area contributed by atoms with Crippen molar-refractivity contribution in [3.63, 3.8) is 0 Å². The minimum absolute atomic E-state index is 0.0478. The quantitative estimate of drug-likeness (QED) is 0.875. The van der Waals surface area contributed by atoms with Crippen LogP contribution in [0.25, 0.3) is 0 Å². The second kappa shape index (κ2) is 6.67. The molecule has 1 aromatic carbocycles. The number of hydrogen-bond acceptors (Lipinski definition) is 3. The van der Waals surface area contributed by atoms with E-state index >= 15 is 0 Å². The maximum atomic E-state index is 14.2. The molecule has 4 nitrogen and oxygen atoms in total. The number of anilines is 2. The predicted octanol–water partition coefficient (Wildman–Crippen LogP) is 3.98. The van der Waals surface area contributed by atoms with Crippen LogP contribution in [0.3, 0.4) is 0 Å². The summed E-state index contributed by atoms with van der Waals surface area (Å²) in [6.07, 6.45) is 1.40. The van der Waals surface area contributed by atoms with Gasteiger partial charge in [0, 0.05) is 17.2 Å². The van der Waals surface area contributed by atoms with Gasteiger partial charge in [0.2, 0.25) is 0 Å². The number of halogens is 2. The molecule has 110 valence electrons. The Hall–Kier alpha value is -1.95. The van der Waals surface area contributed by atoms with Crippen molar-refractivity contribution < 1.29 is 9.18 Å². The van der Waals surface area contributed by atoms with Crippen molar-refractivity contribution in [2.45, 2.75) is 13.8 Å². The summed E-state index contributed by atoms with van der Waals surface area (Å²) in [6, 6.07) is 6.87. The molecule has 0 unspecified atom stereocenters. The normalized spacial score (nSPS) is 10.3. The van der Waals surface area contributed by atoms with Crippen LogP contribution in [-0.2, 0) is 0 Å². The van der Waals surface area contributed by atoms with Gasteiger partial charge in [-0.05, 0) is 53.5 Å². The van der Waals surface area contributed by atoms with E-state index in [9.17, 15) is 9.18 Å². The lowest BCUT2D eigenvalue weighted by molar-refractivity contribution is 0.102. The molecule has 2 rings (SSSR count). The second-order valence-corrected chi connectivity index (χ2v) is 5.34. The van der Waals surface area contributed by atoms with Crippen LogP contribution in [0.15, 0.2) is 34.9 Å². The first-order valence-electron chi connectivity index (χ1n) is 6.48. The third kappa shape index (κ3) is 3.58. The second-order valence-electron chi connectivity index (χ2n) is 4.49. The zero-order valence-corrected chi connectivity index (χ0v) is 13.3. The summed E-state index contributed by atoms with van der Waals surface area (Å²) in [5.74, 6) is -1.09. The molecular formula is C15H15BrFN3O. The van der Waals surface area contributed by atoms with E-state index in [0.717, 1.165) is 10.0 Å². The van der Waals surface area contributed by atoms with Gasteiger partial charge in [-0.25, -0.2) is 9.37 Å². The Kier molecular flexibility index (Phi) is 4.90. The molecule has 2 aromatic rings.